The number of aryl methyl sites for hydroxylation is 2. The van der Waals surface area contributed by atoms with E-state index in [9.17, 15) is 29.5 Å². The molecule has 3 rings (SSSR count). The van der Waals surface area contributed by atoms with Gasteiger partial charge in [-0.25, -0.2) is 14.3 Å². The smallest absolute Gasteiger partial charge is 0.412 e. The zero-order valence-electron chi connectivity index (χ0n) is 18.0. The summed E-state index contributed by atoms with van der Waals surface area (Å²) in [4.78, 5) is 51.5. The molecule has 0 saturated carbocycles. The molecule has 14 nitrogen and oxygen atoms in total. The monoisotopic (exact) mass is 497 g/mol. The van der Waals surface area contributed by atoms with Gasteiger partial charge < -0.3 is 35.1 Å². The fourth-order valence-electron chi connectivity index (χ4n) is 3.06. The second kappa shape index (κ2) is 11.3. The van der Waals surface area contributed by atoms with Crippen LogP contribution in [0.2, 0.25) is 0 Å². The summed E-state index contributed by atoms with van der Waals surface area (Å²) >= 11 is 0. The number of hydrogen-bond acceptors (Lipinski definition) is 9. The zero-order chi connectivity index (χ0) is 23.1. The third-order valence-electron chi connectivity index (χ3n) is 4.80. The van der Waals surface area contributed by atoms with Crippen molar-refractivity contribution in [1.82, 2.24) is 19.5 Å². The molecule has 16 heteroatoms. The van der Waals surface area contributed by atoms with Crippen molar-refractivity contribution in [1.29, 1.82) is 0 Å². The fraction of sp³-hybridized carbons (Fsp3) is 0.412. The first-order chi connectivity index (χ1) is 14.4. The zero-order valence-corrected chi connectivity index (χ0v) is 20.9. The topological polar surface area (TPSA) is 240 Å². The molecule has 3 atom stereocenters. The number of nitrogens with one attached hydrogen (secondary N) is 1. The first kappa shape index (κ1) is 29.5. The number of benzene rings is 1. The molecule has 177 valence electrons. The molecule has 1 aromatic carbocycles. The second-order valence-corrected chi connectivity index (χ2v) is 8.34. The summed E-state index contributed by atoms with van der Waals surface area (Å²) in [6.07, 6.45) is -5.40. The quantitative estimate of drug-likeness (QED) is 0.111. The summed E-state index contributed by atoms with van der Waals surface area (Å²) in [6.45, 7) is 2.29. The van der Waals surface area contributed by atoms with E-state index < -0.39 is 50.5 Å². The average Bonchev–Trinajstić information content (AvgIpc) is 2.67. The van der Waals surface area contributed by atoms with Gasteiger partial charge in [-0.2, -0.15) is 4.98 Å². The van der Waals surface area contributed by atoms with Gasteiger partial charge in [0, 0.05) is 29.6 Å². The van der Waals surface area contributed by atoms with Crippen molar-refractivity contribution in [2.75, 3.05) is 6.61 Å². The Hall–Kier alpha value is -1.55. The van der Waals surface area contributed by atoms with Gasteiger partial charge in [-0.15, -0.1) is 0 Å². The van der Waals surface area contributed by atoms with Crippen molar-refractivity contribution in [3.05, 3.63) is 44.1 Å². The summed E-state index contributed by atoms with van der Waals surface area (Å²) < 4.78 is 16.2. The number of fused-ring (bicyclic) bond motifs is 2. The van der Waals surface area contributed by atoms with Crippen LogP contribution in [0.4, 0.5) is 0 Å². The Labute approximate surface area is 208 Å². The van der Waals surface area contributed by atoms with Crippen LogP contribution in [-0.4, -0.2) is 105 Å². The van der Waals surface area contributed by atoms with E-state index in [1.165, 1.54) is 4.57 Å². The van der Waals surface area contributed by atoms with Crippen molar-refractivity contribution in [3.8, 4) is 11.5 Å². The largest absolute Gasteiger partial charge is 0.469 e. The van der Waals surface area contributed by atoms with E-state index in [4.69, 9.17) is 9.79 Å². The number of rotatable bonds is 7. The third kappa shape index (κ3) is 6.74. The first-order valence-corrected chi connectivity index (χ1v) is 10.6. The molecule has 2 heterocycles. The van der Waals surface area contributed by atoms with Gasteiger partial charge in [0.2, 0.25) is 0 Å². The van der Waals surface area contributed by atoms with Crippen LogP contribution in [-0.2, 0) is 15.6 Å². The van der Waals surface area contributed by atoms with Crippen molar-refractivity contribution < 1.29 is 39.7 Å². The number of phosphoric ester groups is 1. The van der Waals surface area contributed by atoms with E-state index in [2.05, 4.69) is 14.5 Å². The molecule has 8 N–H and O–H groups in total. The molecular formula is C17H23N4NaO10P. The Balaban J connectivity index is 0.00000272. The van der Waals surface area contributed by atoms with Gasteiger partial charge in [0.05, 0.1) is 24.2 Å². The van der Waals surface area contributed by atoms with Crippen LogP contribution in [0.15, 0.2) is 21.7 Å². The summed E-state index contributed by atoms with van der Waals surface area (Å²) in [5, 5.41) is 30.5. The molecule has 0 aromatic heterocycles. The van der Waals surface area contributed by atoms with E-state index in [1.807, 2.05) is 18.8 Å². The van der Waals surface area contributed by atoms with Crippen molar-refractivity contribution >= 4 is 48.4 Å². The number of H-pyrrole nitrogens is 1. The Morgan fingerprint density at radius 3 is 2.30 bits per heavy atom. The Morgan fingerprint density at radius 1 is 1.09 bits per heavy atom. The molecule has 1 radical (unpaired) electrons. The molecular weight excluding hydrogens is 474 g/mol. The maximum absolute atomic E-state index is 12.2. The molecule has 0 aliphatic carbocycles. The van der Waals surface area contributed by atoms with Gasteiger partial charge in [-0.3, -0.25) is 14.3 Å². The van der Waals surface area contributed by atoms with Crippen LogP contribution in [0.25, 0.3) is 22.6 Å². The SMILES string of the molecule is Cc1cc2nc3c(=O)[nH]c(=O)nc-3n(CC(O)C(O)C(O)COP(=O)(O)O)c2cc1C.O.[Na]. The number of aliphatic hydroxyl groups is 3. The van der Waals surface area contributed by atoms with Gasteiger partial charge in [-0.1, -0.05) is 0 Å². The maximum Gasteiger partial charge on any atom is 0.469 e. The van der Waals surface area contributed by atoms with Gasteiger partial charge in [-0.05, 0) is 37.1 Å². The normalized spacial score (nSPS) is 14.4. The molecule has 3 unspecified atom stereocenters. The van der Waals surface area contributed by atoms with Crippen LogP contribution in [0.5, 0.6) is 0 Å². The van der Waals surface area contributed by atoms with Crippen molar-refractivity contribution in [2.45, 2.75) is 38.7 Å². The number of aromatic amines is 1. The van der Waals surface area contributed by atoms with Crippen LogP contribution in [0.1, 0.15) is 11.1 Å². The fourth-order valence-corrected chi connectivity index (χ4v) is 3.41. The predicted molar refractivity (Wildman–Crippen MR) is 116 cm³/mol. The average molecular weight is 497 g/mol. The summed E-state index contributed by atoms with van der Waals surface area (Å²) in [5.74, 6) is -0.142. The molecule has 33 heavy (non-hydrogen) atoms. The molecule has 2 aliphatic rings. The summed E-state index contributed by atoms with van der Waals surface area (Å²) in [5.41, 5.74) is 0.618. The van der Waals surface area contributed by atoms with E-state index in [1.54, 1.807) is 12.1 Å². The van der Waals surface area contributed by atoms with E-state index in [0.717, 1.165) is 11.1 Å². The van der Waals surface area contributed by atoms with Crippen LogP contribution in [0, 0.1) is 13.8 Å². The van der Waals surface area contributed by atoms with E-state index in [-0.39, 0.29) is 46.6 Å². The Morgan fingerprint density at radius 2 is 1.70 bits per heavy atom. The number of aliphatic hydroxyl groups excluding tert-OH is 3. The second-order valence-electron chi connectivity index (χ2n) is 7.10. The van der Waals surface area contributed by atoms with Crippen LogP contribution >= 0.6 is 7.82 Å². The number of aromatic nitrogens is 4. The van der Waals surface area contributed by atoms with Crippen LogP contribution < -0.4 is 11.2 Å². The van der Waals surface area contributed by atoms with Crippen molar-refractivity contribution in [2.24, 2.45) is 0 Å². The van der Waals surface area contributed by atoms with E-state index >= 15 is 0 Å². The van der Waals surface area contributed by atoms with Gasteiger partial charge in [0.15, 0.2) is 11.5 Å². The summed E-state index contributed by atoms with van der Waals surface area (Å²) in [6, 6.07) is 3.41. The van der Waals surface area contributed by atoms with Crippen LogP contribution in [0.3, 0.4) is 0 Å². The molecule has 0 bridgehead atoms. The molecule has 1 aromatic rings. The Bertz CT molecular complexity index is 1260. The van der Waals surface area contributed by atoms with E-state index in [0.29, 0.717) is 11.0 Å². The van der Waals surface area contributed by atoms with Gasteiger partial charge >= 0.3 is 13.5 Å². The maximum atomic E-state index is 12.2. The predicted octanol–water partition coefficient (Wildman–Crippen LogP) is -2.81. The molecule has 0 amide bonds. The van der Waals surface area contributed by atoms with Gasteiger partial charge in [0.1, 0.15) is 18.3 Å². The molecule has 0 saturated heterocycles. The minimum absolute atomic E-state index is 0. The standard InChI is InChI=1S/C17H21N4O9P.Na.H2O/c1-7-3-9-10(4-8(7)2)21(15-13(18-9)16(25)20-17(26)19-15)5-11(22)14(24)12(23)6-30-31(27,28)29;;/h3-4,11-12,14,22-24H,5-6H2,1-2H3,(H,20,25,26)(H2,27,28,29);;1H2. The molecule has 0 spiro atoms. The molecule has 2 aliphatic heterocycles. The van der Waals surface area contributed by atoms with Gasteiger partial charge in [0.25, 0.3) is 5.56 Å². The third-order valence-corrected chi connectivity index (χ3v) is 5.28. The molecule has 0 fully saturated rings. The Kier molecular flexibility index (Phi) is 10.1. The number of nitrogens with zero attached hydrogens (tertiary/aromatic N) is 3. The summed E-state index contributed by atoms with van der Waals surface area (Å²) in [7, 11) is -4.89. The number of phosphoric acid groups is 1. The van der Waals surface area contributed by atoms with Crippen molar-refractivity contribution in [3.63, 3.8) is 0 Å². The first-order valence-electron chi connectivity index (χ1n) is 9.03. The minimum atomic E-state index is -4.89. The minimum Gasteiger partial charge on any atom is -0.412 e. The number of hydrogen-bond donors (Lipinski definition) is 6.